The molecule has 3 aromatic rings. The smallest absolute Gasteiger partial charge is 0.343 e. The highest BCUT2D eigenvalue weighted by molar-refractivity contribution is 5.82. The summed E-state index contributed by atoms with van der Waals surface area (Å²) in [7, 11) is 0. The van der Waals surface area contributed by atoms with E-state index < -0.39 is 11.7 Å². The third-order valence-corrected chi connectivity index (χ3v) is 5.54. The Labute approximate surface area is 170 Å². The SMILES string of the molecule is CCc1cc(C(F)(F)F)c2c(C3CCN(C(=O)CCn4cccn4)CC3)noc2n1. The summed E-state index contributed by atoms with van der Waals surface area (Å²) in [5.41, 5.74) is -0.223. The van der Waals surface area contributed by atoms with Crippen molar-refractivity contribution >= 4 is 17.0 Å². The lowest BCUT2D eigenvalue weighted by Crippen LogP contribution is -2.38. The molecule has 0 bridgehead atoms. The van der Waals surface area contributed by atoms with Crippen molar-refractivity contribution in [2.75, 3.05) is 13.1 Å². The number of rotatable bonds is 5. The van der Waals surface area contributed by atoms with Crippen LogP contribution in [0.25, 0.3) is 11.1 Å². The number of likely N-dealkylation sites (tertiary alicyclic amines) is 1. The van der Waals surface area contributed by atoms with Gasteiger partial charge in [0.15, 0.2) is 0 Å². The van der Waals surface area contributed by atoms with Gasteiger partial charge in [0.25, 0.3) is 5.71 Å². The summed E-state index contributed by atoms with van der Waals surface area (Å²) in [6.45, 7) is 3.18. The van der Waals surface area contributed by atoms with Gasteiger partial charge in [0.2, 0.25) is 5.91 Å². The first-order valence-electron chi connectivity index (χ1n) is 9.98. The zero-order chi connectivity index (χ0) is 21.3. The molecule has 1 saturated heterocycles. The number of piperidine rings is 1. The van der Waals surface area contributed by atoms with Crippen LogP contribution in [0.4, 0.5) is 13.2 Å². The van der Waals surface area contributed by atoms with Crippen LogP contribution in [-0.4, -0.2) is 43.8 Å². The maximum Gasteiger partial charge on any atom is 0.417 e. The van der Waals surface area contributed by atoms with E-state index in [2.05, 4.69) is 15.2 Å². The van der Waals surface area contributed by atoms with Crippen molar-refractivity contribution in [2.24, 2.45) is 0 Å². The van der Waals surface area contributed by atoms with Crippen molar-refractivity contribution in [3.63, 3.8) is 0 Å². The number of aryl methyl sites for hydroxylation is 2. The zero-order valence-electron chi connectivity index (χ0n) is 16.5. The van der Waals surface area contributed by atoms with Gasteiger partial charge in [-0.1, -0.05) is 12.1 Å². The fraction of sp³-hybridized carbons (Fsp3) is 0.500. The molecule has 1 aliphatic rings. The molecular formula is C20H22F3N5O2. The number of alkyl halides is 3. The minimum atomic E-state index is -4.52. The number of carbonyl (C=O) groups is 1. The lowest BCUT2D eigenvalue weighted by molar-refractivity contribution is -0.136. The number of halogens is 3. The minimum Gasteiger partial charge on any atom is -0.343 e. The van der Waals surface area contributed by atoms with Gasteiger partial charge in [-0.05, 0) is 31.4 Å². The average Bonchev–Trinajstić information content (AvgIpc) is 3.40. The standard InChI is InChI=1S/C20H22F3N5O2/c1-2-14-12-15(20(21,22)23)17-18(26-30-19(17)25-14)13-4-9-27(10-5-13)16(29)6-11-28-8-3-7-24-28/h3,7-8,12-13H,2,4-6,9-11H2,1H3. The molecule has 1 aliphatic heterocycles. The maximum absolute atomic E-state index is 13.7. The Kier molecular flexibility index (Phi) is 5.48. The summed E-state index contributed by atoms with van der Waals surface area (Å²) in [5, 5.41) is 7.98. The van der Waals surface area contributed by atoms with Gasteiger partial charge in [0.1, 0.15) is 0 Å². The second-order valence-electron chi connectivity index (χ2n) is 7.43. The molecule has 10 heteroatoms. The Hall–Kier alpha value is -2.91. The van der Waals surface area contributed by atoms with E-state index in [1.54, 1.807) is 35.0 Å². The number of fused-ring (bicyclic) bond motifs is 1. The topological polar surface area (TPSA) is 77.0 Å². The molecule has 160 valence electrons. The Morgan fingerprint density at radius 2 is 2.07 bits per heavy atom. The van der Waals surface area contributed by atoms with Crippen molar-refractivity contribution < 1.29 is 22.5 Å². The monoisotopic (exact) mass is 421 g/mol. The summed E-state index contributed by atoms with van der Waals surface area (Å²) in [5.74, 6) is -0.198. The van der Waals surface area contributed by atoms with Crippen LogP contribution in [0.1, 0.15) is 49.1 Å². The van der Waals surface area contributed by atoms with Crippen molar-refractivity contribution in [3.8, 4) is 0 Å². The van der Waals surface area contributed by atoms with Gasteiger partial charge in [0.05, 0.1) is 16.6 Å². The summed E-state index contributed by atoms with van der Waals surface area (Å²) in [6, 6.07) is 2.88. The minimum absolute atomic E-state index is 0.0131. The molecule has 4 rings (SSSR count). The molecule has 30 heavy (non-hydrogen) atoms. The van der Waals surface area contributed by atoms with Gasteiger partial charge >= 0.3 is 6.18 Å². The van der Waals surface area contributed by atoms with E-state index in [9.17, 15) is 18.0 Å². The summed E-state index contributed by atoms with van der Waals surface area (Å²) < 4.78 is 47.9. The van der Waals surface area contributed by atoms with E-state index in [1.165, 1.54) is 0 Å². The molecule has 7 nitrogen and oxygen atoms in total. The van der Waals surface area contributed by atoms with E-state index in [0.717, 1.165) is 6.07 Å². The lowest BCUT2D eigenvalue weighted by atomic mass is 9.90. The van der Waals surface area contributed by atoms with Gasteiger partial charge in [-0.3, -0.25) is 9.48 Å². The van der Waals surface area contributed by atoms with Crippen molar-refractivity contribution in [1.82, 2.24) is 24.8 Å². The first-order valence-corrected chi connectivity index (χ1v) is 9.98. The van der Waals surface area contributed by atoms with E-state index in [4.69, 9.17) is 4.52 Å². The van der Waals surface area contributed by atoms with Gasteiger partial charge in [-0.2, -0.15) is 18.3 Å². The Morgan fingerprint density at radius 3 is 2.70 bits per heavy atom. The third-order valence-electron chi connectivity index (χ3n) is 5.54. The highest BCUT2D eigenvalue weighted by Gasteiger charge is 2.38. The van der Waals surface area contributed by atoms with Gasteiger partial charge in [-0.25, -0.2) is 4.98 Å². The molecule has 0 aromatic carbocycles. The fourth-order valence-corrected chi connectivity index (χ4v) is 3.91. The molecule has 0 saturated carbocycles. The van der Waals surface area contributed by atoms with Crippen LogP contribution < -0.4 is 0 Å². The summed E-state index contributed by atoms with van der Waals surface area (Å²) in [4.78, 5) is 18.4. The molecule has 0 atom stereocenters. The lowest BCUT2D eigenvalue weighted by Gasteiger charge is -2.31. The predicted molar refractivity (Wildman–Crippen MR) is 102 cm³/mol. The number of hydrogen-bond donors (Lipinski definition) is 0. The van der Waals surface area contributed by atoms with Gasteiger partial charge in [-0.15, -0.1) is 0 Å². The first-order chi connectivity index (χ1) is 14.4. The van der Waals surface area contributed by atoms with E-state index in [1.807, 2.05) is 0 Å². The van der Waals surface area contributed by atoms with Crippen molar-refractivity contribution in [3.05, 3.63) is 41.5 Å². The van der Waals surface area contributed by atoms with Gasteiger partial charge < -0.3 is 9.42 Å². The van der Waals surface area contributed by atoms with E-state index in [-0.39, 0.29) is 28.6 Å². The van der Waals surface area contributed by atoms with Crippen LogP contribution in [0.15, 0.2) is 29.0 Å². The summed E-state index contributed by atoms with van der Waals surface area (Å²) >= 11 is 0. The Balaban J connectivity index is 1.49. The van der Waals surface area contributed by atoms with Crippen LogP contribution >= 0.6 is 0 Å². The second-order valence-corrected chi connectivity index (χ2v) is 7.43. The fourth-order valence-electron chi connectivity index (χ4n) is 3.91. The molecule has 0 aliphatic carbocycles. The number of amides is 1. The molecular weight excluding hydrogens is 399 g/mol. The average molecular weight is 421 g/mol. The maximum atomic E-state index is 13.7. The number of pyridine rings is 1. The largest absolute Gasteiger partial charge is 0.417 e. The normalized spacial score (nSPS) is 15.8. The van der Waals surface area contributed by atoms with E-state index >= 15 is 0 Å². The van der Waals surface area contributed by atoms with Crippen LogP contribution in [0, 0.1) is 0 Å². The highest BCUT2D eigenvalue weighted by atomic mass is 19.4. The second kappa shape index (κ2) is 8.08. The molecule has 0 radical (unpaired) electrons. The van der Waals surface area contributed by atoms with Crippen molar-refractivity contribution in [2.45, 2.75) is 51.2 Å². The van der Waals surface area contributed by atoms with E-state index in [0.29, 0.717) is 51.0 Å². The molecule has 3 aromatic heterocycles. The number of aromatic nitrogens is 4. The summed E-state index contributed by atoms with van der Waals surface area (Å²) in [6.07, 6.45) is 0.699. The molecule has 0 N–H and O–H groups in total. The van der Waals surface area contributed by atoms with Gasteiger partial charge in [0, 0.05) is 50.1 Å². The molecule has 1 amide bonds. The molecule has 0 spiro atoms. The van der Waals surface area contributed by atoms with Crippen molar-refractivity contribution in [1.29, 1.82) is 0 Å². The van der Waals surface area contributed by atoms with Crippen LogP contribution in [0.2, 0.25) is 0 Å². The highest BCUT2D eigenvalue weighted by Crippen LogP contribution is 2.40. The number of hydrogen-bond acceptors (Lipinski definition) is 5. The number of nitrogens with zero attached hydrogens (tertiary/aromatic N) is 5. The zero-order valence-corrected chi connectivity index (χ0v) is 16.5. The third kappa shape index (κ3) is 4.03. The first kappa shape index (κ1) is 20.4. The number of carbonyl (C=O) groups excluding carboxylic acids is 1. The van der Waals surface area contributed by atoms with Crippen LogP contribution in [0.5, 0.6) is 0 Å². The quantitative estimate of drug-likeness (QED) is 0.626. The molecule has 4 heterocycles. The predicted octanol–water partition coefficient (Wildman–Crippen LogP) is 3.80. The molecule has 0 unspecified atom stereocenters. The molecule has 1 fully saturated rings. The van der Waals surface area contributed by atoms with Crippen LogP contribution in [-0.2, 0) is 23.9 Å². The van der Waals surface area contributed by atoms with Crippen LogP contribution in [0.3, 0.4) is 0 Å². The Morgan fingerprint density at radius 1 is 1.30 bits per heavy atom. The Bertz CT molecular complexity index is 1020.